The van der Waals surface area contributed by atoms with Crippen LogP contribution in [0.25, 0.3) is 0 Å². The lowest BCUT2D eigenvalue weighted by Gasteiger charge is -2.54. The number of carboxylic acids is 1. The number of hydrogen-bond acceptors (Lipinski definition) is 3. The van der Waals surface area contributed by atoms with Crippen molar-refractivity contribution in [3.8, 4) is 0 Å². The third-order valence-corrected chi connectivity index (χ3v) is 4.98. The largest absolute Gasteiger partial charge is 0.480 e. The highest BCUT2D eigenvalue weighted by molar-refractivity contribution is 6.05. The molecule has 100 valence electrons. The Labute approximate surface area is 106 Å². The highest BCUT2D eigenvalue weighted by atomic mass is 16.5. The maximum atomic E-state index is 12.1. The van der Waals surface area contributed by atoms with Crippen LogP contribution in [-0.2, 0) is 14.3 Å². The Morgan fingerprint density at radius 1 is 1.33 bits per heavy atom. The second kappa shape index (κ2) is 3.47. The van der Waals surface area contributed by atoms with E-state index in [1.807, 2.05) is 0 Å². The lowest BCUT2D eigenvalue weighted by Crippen LogP contribution is -2.67. The third-order valence-electron chi connectivity index (χ3n) is 4.98. The van der Waals surface area contributed by atoms with Crippen LogP contribution >= 0.6 is 0 Å². The maximum Gasteiger partial charge on any atom is 0.319 e. The smallest absolute Gasteiger partial charge is 0.319 e. The van der Waals surface area contributed by atoms with Crippen molar-refractivity contribution in [2.75, 3.05) is 6.61 Å². The fourth-order valence-electron chi connectivity index (χ4n) is 3.56. The number of carboxylic acid groups (broad SMARTS) is 1. The molecule has 5 nitrogen and oxygen atoms in total. The molecule has 5 heteroatoms. The van der Waals surface area contributed by atoms with Gasteiger partial charge < -0.3 is 15.2 Å². The molecule has 0 aromatic heterocycles. The number of fused-ring (bicyclic) bond motifs is 1. The molecule has 1 amide bonds. The summed E-state index contributed by atoms with van der Waals surface area (Å²) in [6.07, 6.45) is 2.10. The highest BCUT2D eigenvalue weighted by Crippen LogP contribution is 2.53. The Morgan fingerprint density at radius 2 is 2.00 bits per heavy atom. The van der Waals surface area contributed by atoms with E-state index in [2.05, 4.69) is 19.2 Å². The van der Waals surface area contributed by atoms with Gasteiger partial charge in [0.25, 0.3) is 0 Å². The van der Waals surface area contributed by atoms with E-state index in [1.54, 1.807) is 0 Å². The summed E-state index contributed by atoms with van der Waals surface area (Å²) in [6, 6.07) is 0.0503. The lowest BCUT2D eigenvalue weighted by atomic mass is 9.57. The van der Waals surface area contributed by atoms with Gasteiger partial charge >= 0.3 is 5.97 Å². The molecule has 18 heavy (non-hydrogen) atoms. The van der Waals surface area contributed by atoms with Crippen LogP contribution in [0, 0.1) is 16.7 Å². The van der Waals surface area contributed by atoms with E-state index in [-0.39, 0.29) is 23.5 Å². The first-order valence-electron chi connectivity index (χ1n) is 6.55. The van der Waals surface area contributed by atoms with Gasteiger partial charge in [0.15, 0.2) is 0 Å². The van der Waals surface area contributed by atoms with Crippen LogP contribution in [0.3, 0.4) is 0 Å². The van der Waals surface area contributed by atoms with Gasteiger partial charge in [-0.05, 0) is 19.3 Å². The molecule has 2 N–H and O–H groups in total. The molecule has 0 spiro atoms. The summed E-state index contributed by atoms with van der Waals surface area (Å²) in [7, 11) is 0. The molecule has 0 radical (unpaired) electrons. The molecule has 3 fully saturated rings. The summed E-state index contributed by atoms with van der Waals surface area (Å²) in [5.41, 5.74) is -1.23. The zero-order chi connectivity index (χ0) is 13.1. The summed E-state index contributed by atoms with van der Waals surface area (Å²) in [6.45, 7) is 4.89. The molecule has 3 aliphatic rings. The molecule has 1 heterocycles. The number of hydrogen-bond donors (Lipinski definition) is 2. The van der Waals surface area contributed by atoms with Crippen LogP contribution in [0.5, 0.6) is 0 Å². The zero-order valence-corrected chi connectivity index (χ0v) is 10.7. The molecule has 0 bridgehead atoms. The quantitative estimate of drug-likeness (QED) is 0.729. The molecule has 3 rings (SSSR count). The Bertz CT molecular complexity index is 413. The summed E-state index contributed by atoms with van der Waals surface area (Å²) >= 11 is 0. The number of amides is 1. The van der Waals surface area contributed by atoms with Crippen molar-refractivity contribution in [2.45, 2.75) is 45.3 Å². The fourth-order valence-corrected chi connectivity index (χ4v) is 3.56. The molecule has 3 atom stereocenters. The van der Waals surface area contributed by atoms with Crippen LogP contribution in [0.4, 0.5) is 0 Å². The van der Waals surface area contributed by atoms with Gasteiger partial charge in [0.2, 0.25) is 5.91 Å². The van der Waals surface area contributed by atoms with E-state index < -0.39 is 11.4 Å². The maximum absolute atomic E-state index is 12.1. The molecular formula is C13H19NO4. The van der Waals surface area contributed by atoms with E-state index >= 15 is 0 Å². The van der Waals surface area contributed by atoms with Crippen LogP contribution in [-0.4, -0.2) is 35.7 Å². The summed E-state index contributed by atoms with van der Waals surface area (Å²) in [5.74, 6) is -0.941. The highest BCUT2D eigenvalue weighted by Gasteiger charge is 2.63. The molecule has 0 aromatic rings. The number of nitrogens with one attached hydrogen (secondary N) is 1. The molecular weight excluding hydrogens is 234 g/mol. The van der Waals surface area contributed by atoms with Crippen molar-refractivity contribution in [1.29, 1.82) is 0 Å². The number of carbonyl (C=O) groups excluding carboxylic acids is 1. The van der Waals surface area contributed by atoms with Gasteiger partial charge in [-0.2, -0.15) is 0 Å². The van der Waals surface area contributed by atoms with Gasteiger partial charge in [-0.3, -0.25) is 9.59 Å². The first-order valence-corrected chi connectivity index (χ1v) is 6.55. The van der Waals surface area contributed by atoms with E-state index in [0.717, 1.165) is 13.0 Å². The summed E-state index contributed by atoms with van der Waals surface area (Å²) in [5, 5.41) is 12.1. The van der Waals surface area contributed by atoms with Crippen LogP contribution < -0.4 is 5.32 Å². The SMILES string of the molecule is CC1(C)[C@H](NC(=O)C2(C(=O)O)CC2)[C@@H]2CCO[C@@H]21. The van der Waals surface area contributed by atoms with E-state index in [4.69, 9.17) is 9.84 Å². The minimum atomic E-state index is -1.14. The van der Waals surface area contributed by atoms with Gasteiger partial charge in [0.05, 0.1) is 6.10 Å². The van der Waals surface area contributed by atoms with Crippen molar-refractivity contribution < 1.29 is 19.4 Å². The average Bonchev–Trinajstić information content (AvgIpc) is 2.99. The summed E-state index contributed by atoms with van der Waals surface area (Å²) < 4.78 is 5.66. The van der Waals surface area contributed by atoms with Crippen LogP contribution in [0.1, 0.15) is 33.1 Å². The second-order valence-corrected chi connectivity index (χ2v) is 6.40. The summed E-state index contributed by atoms with van der Waals surface area (Å²) in [4.78, 5) is 23.2. The Balaban J connectivity index is 1.70. The predicted molar refractivity (Wildman–Crippen MR) is 62.9 cm³/mol. The molecule has 1 saturated heterocycles. The predicted octanol–water partition coefficient (Wildman–Crippen LogP) is 0.781. The Morgan fingerprint density at radius 3 is 2.56 bits per heavy atom. The van der Waals surface area contributed by atoms with Crippen molar-refractivity contribution in [1.82, 2.24) is 5.32 Å². The number of carbonyl (C=O) groups is 2. The van der Waals surface area contributed by atoms with Crippen LogP contribution in [0.15, 0.2) is 0 Å². The van der Waals surface area contributed by atoms with E-state index in [1.165, 1.54) is 0 Å². The minimum Gasteiger partial charge on any atom is -0.480 e. The van der Waals surface area contributed by atoms with Gasteiger partial charge in [-0.1, -0.05) is 13.8 Å². The molecule has 2 aliphatic carbocycles. The topological polar surface area (TPSA) is 75.6 Å². The van der Waals surface area contributed by atoms with Gasteiger partial charge in [-0.25, -0.2) is 0 Å². The lowest BCUT2D eigenvalue weighted by molar-refractivity contribution is -0.154. The third kappa shape index (κ3) is 1.37. The Kier molecular flexibility index (Phi) is 2.31. The number of rotatable bonds is 3. The standard InChI is InChI=1S/C13H19NO4/c1-12(2)8(7-3-6-18-9(7)12)14-10(15)13(4-5-13)11(16)17/h7-9H,3-6H2,1-2H3,(H,14,15)(H,16,17)/t7-,8+,9-/m0/s1. The average molecular weight is 253 g/mol. The first-order chi connectivity index (χ1) is 8.39. The van der Waals surface area contributed by atoms with E-state index in [9.17, 15) is 9.59 Å². The van der Waals surface area contributed by atoms with Crippen molar-refractivity contribution in [3.63, 3.8) is 0 Å². The molecule has 0 aromatic carbocycles. The number of aliphatic carboxylic acids is 1. The Hall–Kier alpha value is -1.10. The zero-order valence-electron chi connectivity index (χ0n) is 10.7. The molecule has 1 aliphatic heterocycles. The number of ether oxygens (including phenoxy) is 1. The molecule has 2 saturated carbocycles. The molecule has 0 unspecified atom stereocenters. The van der Waals surface area contributed by atoms with Gasteiger partial charge in [-0.15, -0.1) is 0 Å². The van der Waals surface area contributed by atoms with Crippen LogP contribution in [0.2, 0.25) is 0 Å². The second-order valence-electron chi connectivity index (χ2n) is 6.40. The monoisotopic (exact) mass is 253 g/mol. The van der Waals surface area contributed by atoms with Crippen molar-refractivity contribution >= 4 is 11.9 Å². The van der Waals surface area contributed by atoms with Gasteiger partial charge in [0.1, 0.15) is 5.41 Å². The minimum absolute atomic E-state index is 0.0503. The fraction of sp³-hybridized carbons (Fsp3) is 0.846. The normalized spacial score (nSPS) is 38.4. The van der Waals surface area contributed by atoms with E-state index in [0.29, 0.717) is 18.8 Å². The van der Waals surface area contributed by atoms with Crippen molar-refractivity contribution in [3.05, 3.63) is 0 Å². The van der Waals surface area contributed by atoms with Gasteiger partial charge in [0, 0.05) is 24.0 Å². The first kappa shape index (κ1) is 12.0. The van der Waals surface area contributed by atoms with Crippen molar-refractivity contribution in [2.24, 2.45) is 16.7 Å².